The SMILES string of the molecule is CC(=O)N1CCN(Cc2cc(F)ccc2Cl)CC(O)C1. The van der Waals surface area contributed by atoms with Crippen LogP contribution in [0.25, 0.3) is 0 Å². The number of hydrogen-bond acceptors (Lipinski definition) is 3. The van der Waals surface area contributed by atoms with Crippen molar-refractivity contribution in [3.63, 3.8) is 0 Å². The normalized spacial score (nSPS) is 20.8. The van der Waals surface area contributed by atoms with E-state index in [0.717, 1.165) is 0 Å². The molecule has 1 aliphatic heterocycles. The molecule has 1 fully saturated rings. The minimum absolute atomic E-state index is 0.0466. The van der Waals surface area contributed by atoms with E-state index in [1.165, 1.54) is 25.1 Å². The molecule has 1 atom stereocenters. The number of aliphatic hydroxyl groups is 1. The number of nitrogens with zero attached hydrogens (tertiary/aromatic N) is 2. The predicted molar refractivity (Wildman–Crippen MR) is 74.9 cm³/mol. The smallest absolute Gasteiger partial charge is 0.219 e. The number of amides is 1. The molecule has 4 nitrogen and oxygen atoms in total. The first-order valence-corrected chi connectivity index (χ1v) is 6.93. The highest BCUT2D eigenvalue weighted by atomic mass is 35.5. The summed E-state index contributed by atoms with van der Waals surface area (Å²) >= 11 is 6.05. The standard InChI is InChI=1S/C14H18ClFN2O2/c1-10(19)18-5-4-17(8-13(20)9-18)7-11-6-12(16)2-3-14(11)15/h2-3,6,13,20H,4-5,7-9H2,1H3. The molecular formula is C14H18ClFN2O2. The first kappa shape index (κ1) is 15.2. The molecule has 1 aromatic rings. The Hall–Kier alpha value is -1.17. The molecule has 2 rings (SSSR count). The van der Waals surface area contributed by atoms with Crippen LogP contribution in [-0.2, 0) is 11.3 Å². The van der Waals surface area contributed by atoms with Gasteiger partial charge in [0.05, 0.1) is 6.10 Å². The van der Waals surface area contributed by atoms with Gasteiger partial charge < -0.3 is 10.0 Å². The zero-order valence-electron chi connectivity index (χ0n) is 11.4. The number of halogens is 2. The van der Waals surface area contributed by atoms with Gasteiger partial charge in [0.1, 0.15) is 5.82 Å². The van der Waals surface area contributed by atoms with Crippen LogP contribution in [0, 0.1) is 5.82 Å². The summed E-state index contributed by atoms with van der Waals surface area (Å²) in [4.78, 5) is 15.0. The van der Waals surface area contributed by atoms with Crippen LogP contribution in [0.1, 0.15) is 12.5 Å². The van der Waals surface area contributed by atoms with Crippen molar-refractivity contribution in [1.29, 1.82) is 0 Å². The highest BCUT2D eigenvalue weighted by molar-refractivity contribution is 6.31. The Morgan fingerprint density at radius 2 is 2.20 bits per heavy atom. The molecule has 0 spiro atoms. The van der Waals surface area contributed by atoms with E-state index >= 15 is 0 Å². The van der Waals surface area contributed by atoms with Crippen LogP contribution in [0.4, 0.5) is 4.39 Å². The van der Waals surface area contributed by atoms with Crippen LogP contribution >= 0.6 is 11.6 Å². The Morgan fingerprint density at radius 1 is 1.45 bits per heavy atom. The summed E-state index contributed by atoms with van der Waals surface area (Å²) in [5, 5.41) is 10.4. The van der Waals surface area contributed by atoms with E-state index in [-0.39, 0.29) is 11.7 Å². The Kier molecular flexibility index (Phi) is 4.96. The van der Waals surface area contributed by atoms with E-state index in [2.05, 4.69) is 0 Å². The summed E-state index contributed by atoms with van der Waals surface area (Å²) in [5.74, 6) is -0.375. The van der Waals surface area contributed by atoms with Crippen molar-refractivity contribution in [1.82, 2.24) is 9.80 Å². The van der Waals surface area contributed by atoms with Crippen molar-refractivity contribution < 1.29 is 14.3 Å². The van der Waals surface area contributed by atoms with Gasteiger partial charge in [-0.05, 0) is 23.8 Å². The highest BCUT2D eigenvalue weighted by Gasteiger charge is 2.23. The van der Waals surface area contributed by atoms with Gasteiger partial charge in [-0.2, -0.15) is 0 Å². The maximum absolute atomic E-state index is 13.2. The fourth-order valence-corrected chi connectivity index (χ4v) is 2.57. The van der Waals surface area contributed by atoms with Gasteiger partial charge in [0.2, 0.25) is 5.91 Å². The number of rotatable bonds is 2. The van der Waals surface area contributed by atoms with Gasteiger partial charge >= 0.3 is 0 Å². The topological polar surface area (TPSA) is 43.8 Å². The molecule has 6 heteroatoms. The second-order valence-electron chi connectivity index (χ2n) is 5.09. The first-order chi connectivity index (χ1) is 9.45. The summed E-state index contributed by atoms with van der Waals surface area (Å²) in [5.41, 5.74) is 0.690. The first-order valence-electron chi connectivity index (χ1n) is 6.55. The number of hydrogen-bond donors (Lipinski definition) is 1. The van der Waals surface area contributed by atoms with Gasteiger partial charge in [0.25, 0.3) is 0 Å². The van der Waals surface area contributed by atoms with Crippen molar-refractivity contribution in [2.45, 2.75) is 19.6 Å². The second kappa shape index (κ2) is 6.52. The molecule has 0 aliphatic carbocycles. The van der Waals surface area contributed by atoms with Gasteiger partial charge in [-0.3, -0.25) is 9.69 Å². The maximum atomic E-state index is 13.2. The average Bonchev–Trinajstić information content (AvgIpc) is 2.55. The third kappa shape index (κ3) is 3.91. The minimum atomic E-state index is -0.603. The fourth-order valence-electron chi connectivity index (χ4n) is 2.39. The van der Waals surface area contributed by atoms with E-state index < -0.39 is 6.10 Å². The molecule has 1 saturated heterocycles. The maximum Gasteiger partial charge on any atom is 0.219 e. The van der Waals surface area contributed by atoms with Crippen molar-refractivity contribution in [3.8, 4) is 0 Å². The van der Waals surface area contributed by atoms with Crippen molar-refractivity contribution >= 4 is 17.5 Å². The lowest BCUT2D eigenvalue weighted by Gasteiger charge is -2.21. The number of β-amino-alcohol motifs (C(OH)–C–C–N with tert-alkyl or cyclic N) is 1. The number of carbonyl (C=O) groups is 1. The highest BCUT2D eigenvalue weighted by Crippen LogP contribution is 2.19. The minimum Gasteiger partial charge on any atom is -0.390 e. The van der Waals surface area contributed by atoms with Gasteiger partial charge in [0.15, 0.2) is 0 Å². The van der Waals surface area contributed by atoms with Gasteiger partial charge in [-0.1, -0.05) is 11.6 Å². The van der Waals surface area contributed by atoms with Crippen molar-refractivity contribution in [3.05, 3.63) is 34.6 Å². The van der Waals surface area contributed by atoms with E-state index in [1.54, 1.807) is 4.90 Å². The summed E-state index contributed by atoms with van der Waals surface area (Å²) < 4.78 is 13.2. The molecule has 0 saturated carbocycles. The Bertz CT molecular complexity index is 498. The largest absolute Gasteiger partial charge is 0.390 e. The molecule has 0 aromatic heterocycles. The zero-order chi connectivity index (χ0) is 14.7. The van der Waals surface area contributed by atoms with E-state index in [9.17, 15) is 14.3 Å². The molecule has 0 bridgehead atoms. The lowest BCUT2D eigenvalue weighted by Crippen LogP contribution is -2.36. The van der Waals surface area contributed by atoms with E-state index in [0.29, 0.717) is 43.3 Å². The molecule has 110 valence electrons. The lowest BCUT2D eigenvalue weighted by atomic mass is 10.2. The molecule has 1 unspecified atom stereocenters. The van der Waals surface area contributed by atoms with Crippen LogP contribution in [0.3, 0.4) is 0 Å². The third-order valence-electron chi connectivity index (χ3n) is 3.43. The van der Waals surface area contributed by atoms with Gasteiger partial charge in [-0.25, -0.2) is 4.39 Å². The van der Waals surface area contributed by atoms with Gasteiger partial charge in [0, 0.05) is 44.7 Å². The summed E-state index contributed by atoms with van der Waals surface area (Å²) in [7, 11) is 0. The molecule has 1 N–H and O–H groups in total. The lowest BCUT2D eigenvalue weighted by molar-refractivity contribution is -0.129. The molecule has 1 aliphatic rings. The molecule has 0 radical (unpaired) electrons. The Morgan fingerprint density at radius 3 is 2.90 bits per heavy atom. The zero-order valence-corrected chi connectivity index (χ0v) is 12.1. The van der Waals surface area contributed by atoms with Crippen LogP contribution in [0.2, 0.25) is 5.02 Å². The van der Waals surface area contributed by atoms with Crippen molar-refractivity contribution in [2.24, 2.45) is 0 Å². The Balaban J connectivity index is 2.06. The molecule has 20 heavy (non-hydrogen) atoms. The fraction of sp³-hybridized carbons (Fsp3) is 0.500. The van der Waals surface area contributed by atoms with Crippen LogP contribution in [0.5, 0.6) is 0 Å². The van der Waals surface area contributed by atoms with Crippen LogP contribution < -0.4 is 0 Å². The summed E-state index contributed by atoms with van der Waals surface area (Å²) in [6.45, 7) is 3.91. The quantitative estimate of drug-likeness (QED) is 0.900. The van der Waals surface area contributed by atoms with Crippen LogP contribution in [-0.4, -0.2) is 53.1 Å². The monoisotopic (exact) mass is 300 g/mol. The molecule has 1 heterocycles. The Labute approximate surface area is 122 Å². The molecule has 1 amide bonds. The van der Waals surface area contributed by atoms with Gasteiger partial charge in [-0.15, -0.1) is 0 Å². The van der Waals surface area contributed by atoms with Crippen LogP contribution in [0.15, 0.2) is 18.2 Å². The summed E-state index contributed by atoms with van der Waals surface area (Å²) in [6, 6.07) is 4.26. The third-order valence-corrected chi connectivity index (χ3v) is 3.80. The number of aliphatic hydroxyl groups excluding tert-OH is 1. The average molecular weight is 301 g/mol. The second-order valence-corrected chi connectivity index (χ2v) is 5.50. The number of carbonyl (C=O) groups excluding carboxylic acids is 1. The van der Waals surface area contributed by atoms with Crippen molar-refractivity contribution in [2.75, 3.05) is 26.2 Å². The summed E-state index contributed by atoms with van der Waals surface area (Å²) in [6.07, 6.45) is -0.603. The molecule has 1 aromatic carbocycles. The number of benzene rings is 1. The van der Waals surface area contributed by atoms with E-state index in [1.807, 2.05) is 4.90 Å². The molecular weight excluding hydrogens is 283 g/mol. The van der Waals surface area contributed by atoms with E-state index in [4.69, 9.17) is 11.6 Å². The predicted octanol–water partition coefficient (Wildman–Crippen LogP) is 1.50.